The fourth-order valence-corrected chi connectivity index (χ4v) is 10.7. The van der Waals surface area contributed by atoms with Gasteiger partial charge < -0.3 is 29.8 Å². The van der Waals surface area contributed by atoms with Crippen molar-refractivity contribution in [2.45, 2.75) is 63.6 Å². The first kappa shape index (κ1) is 45.2. The molecule has 9 rings (SSSR count). The van der Waals surface area contributed by atoms with Crippen molar-refractivity contribution in [2.24, 2.45) is 17.8 Å². The maximum atomic E-state index is 13.5. The summed E-state index contributed by atoms with van der Waals surface area (Å²) in [6.07, 6.45) is 1.03. The Kier molecular flexibility index (Phi) is 13.1. The molecule has 0 radical (unpaired) electrons. The lowest BCUT2D eigenvalue weighted by molar-refractivity contribution is -0.137. The molecule has 0 saturated carbocycles. The molecule has 5 fully saturated rings. The molecule has 14 nitrogen and oxygen atoms in total. The summed E-state index contributed by atoms with van der Waals surface area (Å²) in [6.45, 7) is 18.2. The zero-order valence-electron chi connectivity index (χ0n) is 37.0. The van der Waals surface area contributed by atoms with E-state index in [0.29, 0.717) is 54.6 Å². The van der Waals surface area contributed by atoms with Crippen LogP contribution in [0.3, 0.4) is 0 Å². The predicted molar refractivity (Wildman–Crippen MR) is 244 cm³/mol. The number of imide groups is 2. The number of amides is 5. The zero-order chi connectivity index (χ0) is 46.1. The molecule has 1 atom stereocenters. The summed E-state index contributed by atoms with van der Waals surface area (Å²) < 4.78 is 40.5. The van der Waals surface area contributed by atoms with E-state index in [9.17, 15) is 37.1 Å². The molecule has 6 heterocycles. The van der Waals surface area contributed by atoms with E-state index in [1.807, 2.05) is 23.1 Å². The molecule has 2 N–H and O–H groups in total. The molecule has 0 bridgehead atoms. The van der Waals surface area contributed by atoms with Gasteiger partial charge in [-0.25, -0.2) is 4.85 Å². The number of piperidine rings is 4. The van der Waals surface area contributed by atoms with Crippen LogP contribution in [-0.4, -0.2) is 129 Å². The third kappa shape index (κ3) is 9.76. The Morgan fingerprint density at radius 1 is 0.652 bits per heavy atom. The van der Waals surface area contributed by atoms with Crippen LogP contribution in [0.5, 0.6) is 0 Å². The molecule has 5 saturated heterocycles. The second-order valence-electron chi connectivity index (χ2n) is 18.7. The molecular formula is C49H56F3N9O5. The first-order chi connectivity index (χ1) is 31.8. The smallest absolute Gasteiger partial charge is 0.372 e. The van der Waals surface area contributed by atoms with Gasteiger partial charge in [-0.2, -0.15) is 13.2 Å². The van der Waals surface area contributed by atoms with E-state index in [-0.39, 0.29) is 24.7 Å². The van der Waals surface area contributed by atoms with Crippen LogP contribution in [0.25, 0.3) is 4.85 Å². The predicted octanol–water partition coefficient (Wildman–Crippen LogP) is 6.26. The Bertz CT molecular complexity index is 2370. The summed E-state index contributed by atoms with van der Waals surface area (Å²) in [5, 5.41) is 5.29. The minimum absolute atomic E-state index is 0.0818. The highest BCUT2D eigenvalue weighted by molar-refractivity contribution is 6.23. The second-order valence-corrected chi connectivity index (χ2v) is 18.7. The number of anilines is 4. The van der Waals surface area contributed by atoms with Gasteiger partial charge in [-0.3, -0.25) is 34.2 Å². The number of rotatable bonds is 10. The van der Waals surface area contributed by atoms with Crippen LogP contribution in [-0.2, 0) is 20.6 Å². The van der Waals surface area contributed by atoms with E-state index in [0.717, 1.165) is 119 Å². The number of hydrogen-bond donors (Lipinski definition) is 2. The Balaban J connectivity index is 0.661. The summed E-state index contributed by atoms with van der Waals surface area (Å²) in [4.78, 5) is 79.6. The van der Waals surface area contributed by atoms with Crippen molar-refractivity contribution in [3.8, 4) is 0 Å². The summed E-state index contributed by atoms with van der Waals surface area (Å²) >= 11 is 0. The highest BCUT2D eigenvalue weighted by Crippen LogP contribution is 2.40. The van der Waals surface area contributed by atoms with E-state index in [1.54, 1.807) is 18.2 Å². The third-order valence-electron chi connectivity index (χ3n) is 14.7. The SMILES string of the molecule is [C-]#[N+]c1ccc(N2CCC(C(=O)Nc3ccc(N4CCC(CN5CCN(CC6CCN(c7ccc8c(c7)C(=O)N(C7CCC(=O)NC7=O)C8=O)CC6)CC5)CC4)cc3)CC2)cc1C(F)(F)F. The van der Waals surface area contributed by atoms with Crippen LogP contribution >= 0.6 is 0 Å². The topological polar surface area (TPSA) is 133 Å². The fourth-order valence-electron chi connectivity index (χ4n) is 10.7. The largest absolute Gasteiger partial charge is 0.407 e. The second kappa shape index (κ2) is 19.1. The van der Waals surface area contributed by atoms with Gasteiger partial charge in [-0.05, 0) is 111 Å². The van der Waals surface area contributed by atoms with Gasteiger partial charge in [-0.15, -0.1) is 0 Å². The lowest BCUT2D eigenvalue weighted by Crippen LogP contribution is -2.54. The van der Waals surface area contributed by atoms with Gasteiger partial charge in [0.25, 0.3) is 11.8 Å². The Hall–Kier alpha value is -5.99. The van der Waals surface area contributed by atoms with Crippen molar-refractivity contribution in [1.29, 1.82) is 0 Å². The Morgan fingerprint density at radius 3 is 1.73 bits per heavy atom. The van der Waals surface area contributed by atoms with E-state index in [1.165, 1.54) is 6.07 Å². The molecule has 6 aliphatic rings. The maximum Gasteiger partial charge on any atom is 0.407 e. The summed E-state index contributed by atoms with van der Waals surface area (Å²) in [5.41, 5.74) is 2.46. The van der Waals surface area contributed by atoms with Gasteiger partial charge >= 0.3 is 6.18 Å². The van der Waals surface area contributed by atoms with Crippen molar-refractivity contribution >= 4 is 58.0 Å². The summed E-state index contributed by atoms with van der Waals surface area (Å²) in [7, 11) is 0. The van der Waals surface area contributed by atoms with Crippen LogP contribution in [0.2, 0.25) is 0 Å². The zero-order valence-corrected chi connectivity index (χ0v) is 37.0. The number of fused-ring (bicyclic) bond motifs is 1. The molecule has 1 unspecified atom stereocenters. The number of nitrogens with one attached hydrogen (secondary N) is 2. The van der Waals surface area contributed by atoms with Gasteiger partial charge in [0.15, 0.2) is 5.69 Å². The molecule has 0 spiro atoms. The molecule has 3 aromatic rings. The number of alkyl halides is 3. The number of carbonyl (C=O) groups excluding carboxylic acids is 5. The maximum absolute atomic E-state index is 13.5. The minimum Gasteiger partial charge on any atom is -0.372 e. The van der Waals surface area contributed by atoms with Crippen molar-refractivity contribution in [3.63, 3.8) is 0 Å². The minimum atomic E-state index is -4.61. The van der Waals surface area contributed by atoms with Gasteiger partial charge in [0, 0.05) is 114 Å². The number of carbonyl (C=O) groups is 5. The van der Waals surface area contributed by atoms with Crippen molar-refractivity contribution < 1.29 is 37.1 Å². The van der Waals surface area contributed by atoms with Gasteiger partial charge in [-0.1, -0.05) is 6.07 Å². The number of hydrogen-bond acceptors (Lipinski definition) is 10. The number of benzene rings is 3. The van der Waals surface area contributed by atoms with Crippen molar-refractivity contribution in [3.05, 3.63) is 88.8 Å². The highest BCUT2D eigenvalue weighted by atomic mass is 19.4. The molecule has 3 aromatic carbocycles. The Labute approximate surface area is 382 Å². The van der Waals surface area contributed by atoms with Gasteiger partial charge in [0.05, 0.1) is 23.3 Å². The van der Waals surface area contributed by atoms with E-state index < -0.39 is 47.1 Å². The number of nitrogens with zero attached hydrogens (tertiary/aromatic N) is 7. The van der Waals surface area contributed by atoms with E-state index in [4.69, 9.17) is 6.57 Å². The van der Waals surface area contributed by atoms with Crippen LogP contribution in [0.15, 0.2) is 60.7 Å². The van der Waals surface area contributed by atoms with E-state index >= 15 is 0 Å². The van der Waals surface area contributed by atoms with Crippen molar-refractivity contribution in [1.82, 2.24) is 20.0 Å². The van der Waals surface area contributed by atoms with Crippen LogP contribution < -0.4 is 25.3 Å². The lowest BCUT2D eigenvalue weighted by atomic mass is 9.94. The molecule has 6 aliphatic heterocycles. The van der Waals surface area contributed by atoms with Gasteiger partial charge in [0.2, 0.25) is 17.7 Å². The molecule has 348 valence electrons. The van der Waals surface area contributed by atoms with Crippen molar-refractivity contribution in [2.75, 3.05) is 98.6 Å². The van der Waals surface area contributed by atoms with Gasteiger partial charge in [0.1, 0.15) is 6.04 Å². The molecule has 0 aliphatic carbocycles. The average molecular weight is 908 g/mol. The quantitative estimate of drug-likeness (QED) is 0.178. The Morgan fingerprint density at radius 2 is 1.17 bits per heavy atom. The lowest BCUT2D eigenvalue weighted by Gasteiger charge is -2.41. The molecule has 17 heteroatoms. The fraction of sp³-hybridized carbons (Fsp3) is 0.510. The van der Waals surface area contributed by atoms with Crippen LogP contribution in [0.4, 0.5) is 41.6 Å². The van der Waals surface area contributed by atoms with E-state index in [2.05, 4.69) is 47.2 Å². The number of piperazine rings is 1. The average Bonchev–Trinajstić information content (AvgIpc) is 3.57. The first-order valence-electron chi connectivity index (χ1n) is 23.4. The number of halogens is 3. The highest BCUT2D eigenvalue weighted by Gasteiger charge is 2.45. The monoisotopic (exact) mass is 907 g/mol. The third-order valence-corrected chi connectivity index (χ3v) is 14.7. The van der Waals surface area contributed by atoms with Crippen LogP contribution in [0, 0.1) is 24.3 Å². The molecule has 0 aromatic heterocycles. The molecule has 5 amide bonds. The standard InChI is InChI=1S/C49H56F3N9O5/c1-53-42-9-7-38(29-41(42)49(50,51)52)60-22-16-34(17-23-60)45(63)54-35-2-4-36(5-3-35)58-18-12-32(13-19-58)30-56-24-26-57(27-25-56)31-33-14-20-59(21-15-33)37-6-8-39-40(28-37)48(66)61(47(39)65)43-10-11-44(62)55-46(43)64/h2-9,28-29,32-34,43H,10-27,30-31H2,(H,54,63)(H,55,62,64). The summed E-state index contributed by atoms with van der Waals surface area (Å²) in [6, 6.07) is 16.2. The first-order valence-corrected chi connectivity index (χ1v) is 23.4. The van der Waals surface area contributed by atoms with Crippen LogP contribution in [0.1, 0.15) is 77.6 Å². The molecule has 66 heavy (non-hydrogen) atoms. The normalized spacial score (nSPS) is 22.1. The summed E-state index contributed by atoms with van der Waals surface area (Å²) in [5.74, 6) is -1.03. The molecular weight excluding hydrogens is 852 g/mol.